The topological polar surface area (TPSA) is 75.8 Å². The van der Waals surface area contributed by atoms with Crippen molar-refractivity contribution in [2.24, 2.45) is 11.7 Å². The summed E-state index contributed by atoms with van der Waals surface area (Å²) in [6.45, 7) is 3.13. The summed E-state index contributed by atoms with van der Waals surface area (Å²) in [5, 5.41) is 9.90. The molecule has 0 bridgehead atoms. The molecule has 1 unspecified atom stereocenters. The van der Waals surface area contributed by atoms with E-state index in [4.69, 9.17) is 10.5 Å². The van der Waals surface area contributed by atoms with Crippen LogP contribution >= 0.6 is 12.4 Å². The molecular weight excluding hydrogens is 361 g/mol. The Bertz CT molecular complexity index is 556. The number of benzene rings is 1. The molecule has 0 saturated heterocycles. The highest BCUT2D eigenvalue weighted by Crippen LogP contribution is 2.35. The Morgan fingerprint density at radius 3 is 2.40 bits per heavy atom. The van der Waals surface area contributed by atoms with Crippen LogP contribution in [-0.2, 0) is 11.0 Å². The summed E-state index contributed by atoms with van der Waals surface area (Å²) >= 11 is 0. The average molecular weight is 385 g/mol. The van der Waals surface area contributed by atoms with Gasteiger partial charge in [-0.15, -0.1) is 12.4 Å². The Labute approximate surface area is 151 Å². The number of ether oxygens (including phenoxy) is 1. The zero-order chi connectivity index (χ0) is 18.5. The van der Waals surface area contributed by atoms with E-state index in [2.05, 4.69) is 0 Å². The number of nitrogens with two attached hydrogens (primary N) is 1. The number of para-hydroxylation sites is 1. The van der Waals surface area contributed by atoms with Crippen molar-refractivity contribution in [3.8, 4) is 5.75 Å². The second-order valence-electron chi connectivity index (χ2n) is 5.95. The van der Waals surface area contributed by atoms with Gasteiger partial charge in [0.1, 0.15) is 18.5 Å². The minimum Gasteiger partial charge on any atom is -0.490 e. The molecule has 0 aliphatic heterocycles. The first-order valence-corrected chi connectivity index (χ1v) is 7.51. The van der Waals surface area contributed by atoms with Gasteiger partial charge in [-0.1, -0.05) is 26.0 Å². The van der Waals surface area contributed by atoms with E-state index in [1.54, 1.807) is 13.8 Å². The van der Waals surface area contributed by atoms with Crippen LogP contribution in [0.4, 0.5) is 13.2 Å². The van der Waals surface area contributed by atoms with E-state index in [0.29, 0.717) is 0 Å². The first-order chi connectivity index (χ1) is 11.0. The normalized spacial score (nSPS) is 13.8. The van der Waals surface area contributed by atoms with E-state index >= 15 is 0 Å². The molecule has 3 N–H and O–H groups in total. The van der Waals surface area contributed by atoms with Crippen LogP contribution in [0.15, 0.2) is 24.3 Å². The van der Waals surface area contributed by atoms with Crippen molar-refractivity contribution in [2.45, 2.75) is 32.2 Å². The monoisotopic (exact) mass is 384 g/mol. The number of halogens is 4. The molecule has 0 radical (unpaired) electrons. The summed E-state index contributed by atoms with van der Waals surface area (Å²) in [4.78, 5) is 13.2. The fraction of sp³-hybridized carbons (Fsp3) is 0.562. The molecule has 0 aliphatic carbocycles. The number of rotatable bonds is 7. The SMILES string of the molecule is CC(C)[C@H](N)C(=O)N(C)CC(O)COc1ccccc1C(F)(F)F.Cl. The van der Waals surface area contributed by atoms with E-state index in [1.165, 1.54) is 30.1 Å². The molecule has 1 amide bonds. The number of amides is 1. The van der Waals surface area contributed by atoms with E-state index < -0.39 is 23.9 Å². The number of hydrogen-bond acceptors (Lipinski definition) is 4. The number of carbonyl (C=O) groups excluding carboxylic acids is 1. The van der Waals surface area contributed by atoms with E-state index in [0.717, 1.165) is 6.07 Å². The second-order valence-corrected chi connectivity index (χ2v) is 5.95. The van der Waals surface area contributed by atoms with Gasteiger partial charge in [-0.2, -0.15) is 13.2 Å². The van der Waals surface area contributed by atoms with Crippen LogP contribution in [0, 0.1) is 5.92 Å². The van der Waals surface area contributed by atoms with Gasteiger partial charge < -0.3 is 20.5 Å². The summed E-state index contributed by atoms with van der Waals surface area (Å²) in [5.41, 5.74) is 4.83. The molecule has 2 atom stereocenters. The molecule has 0 spiro atoms. The standard InChI is InChI=1S/C16H23F3N2O3.ClH/c1-10(2)14(20)15(23)21(3)8-11(22)9-24-13-7-5-4-6-12(13)16(17,18)19;/h4-7,10-11,14,22H,8-9,20H2,1-3H3;1H/t11?,14-;/m0./s1. The second kappa shape index (κ2) is 9.84. The van der Waals surface area contributed by atoms with Crippen molar-refractivity contribution in [2.75, 3.05) is 20.2 Å². The lowest BCUT2D eigenvalue weighted by Crippen LogP contribution is -2.47. The van der Waals surface area contributed by atoms with Gasteiger partial charge in [-0.25, -0.2) is 0 Å². The molecule has 25 heavy (non-hydrogen) atoms. The van der Waals surface area contributed by atoms with Crippen molar-refractivity contribution in [1.29, 1.82) is 0 Å². The third-order valence-corrected chi connectivity index (χ3v) is 3.49. The Hall–Kier alpha value is -1.51. The van der Waals surface area contributed by atoms with Crippen molar-refractivity contribution in [3.63, 3.8) is 0 Å². The van der Waals surface area contributed by atoms with Crippen LogP contribution in [0.1, 0.15) is 19.4 Å². The van der Waals surface area contributed by atoms with Crippen molar-refractivity contribution in [1.82, 2.24) is 4.90 Å². The Morgan fingerprint density at radius 1 is 1.32 bits per heavy atom. The maximum Gasteiger partial charge on any atom is 0.419 e. The number of likely N-dealkylation sites (N-methyl/N-ethyl adjacent to an activating group) is 1. The van der Waals surface area contributed by atoms with Gasteiger partial charge in [0.25, 0.3) is 0 Å². The minimum absolute atomic E-state index is 0. The fourth-order valence-electron chi connectivity index (χ4n) is 2.01. The summed E-state index contributed by atoms with van der Waals surface area (Å²) in [5.74, 6) is -0.774. The summed E-state index contributed by atoms with van der Waals surface area (Å²) in [6, 6.07) is 4.05. The first-order valence-electron chi connectivity index (χ1n) is 7.51. The van der Waals surface area contributed by atoms with E-state index in [-0.39, 0.29) is 43.1 Å². The Morgan fingerprint density at radius 2 is 1.88 bits per heavy atom. The van der Waals surface area contributed by atoms with E-state index in [1.807, 2.05) is 0 Å². The smallest absolute Gasteiger partial charge is 0.419 e. The van der Waals surface area contributed by atoms with Crippen LogP contribution < -0.4 is 10.5 Å². The largest absolute Gasteiger partial charge is 0.490 e. The molecule has 0 aliphatic rings. The highest BCUT2D eigenvalue weighted by molar-refractivity contribution is 5.85. The zero-order valence-electron chi connectivity index (χ0n) is 14.3. The van der Waals surface area contributed by atoms with E-state index in [9.17, 15) is 23.1 Å². The van der Waals surface area contributed by atoms with Crippen LogP contribution in [0.5, 0.6) is 5.75 Å². The summed E-state index contributed by atoms with van der Waals surface area (Å²) in [7, 11) is 1.47. The third-order valence-electron chi connectivity index (χ3n) is 3.49. The molecule has 0 saturated carbocycles. The van der Waals surface area contributed by atoms with Gasteiger partial charge in [0.15, 0.2) is 0 Å². The van der Waals surface area contributed by atoms with Crippen molar-refractivity contribution < 1.29 is 27.8 Å². The van der Waals surface area contributed by atoms with Crippen LogP contribution in [0.3, 0.4) is 0 Å². The number of aliphatic hydroxyl groups excluding tert-OH is 1. The molecule has 144 valence electrons. The maximum absolute atomic E-state index is 12.8. The number of nitrogens with zero attached hydrogens (tertiary/aromatic N) is 1. The number of aliphatic hydroxyl groups is 1. The van der Waals surface area contributed by atoms with Gasteiger partial charge >= 0.3 is 6.18 Å². The lowest BCUT2D eigenvalue weighted by atomic mass is 10.0. The molecule has 0 aromatic heterocycles. The molecular formula is C16H24ClF3N2O3. The fourth-order valence-corrected chi connectivity index (χ4v) is 2.01. The molecule has 5 nitrogen and oxygen atoms in total. The van der Waals surface area contributed by atoms with Gasteiger partial charge in [0.05, 0.1) is 11.6 Å². The average Bonchev–Trinajstić information content (AvgIpc) is 2.50. The van der Waals surface area contributed by atoms with Crippen LogP contribution in [0.2, 0.25) is 0 Å². The lowest BCUT2D eigenvalue weighted by Gasteiger charge is -2.25. The molecule has 0 heterocycles. The van der Waals surface area contributed by atoms with Gasteiger partial charge in [-0.05, 0) is 18.1 Å². The Kier molecular flexibility index (Phi) is 9.24. The molecule has 1 aromatic carbocycles. The molecule has 1 aromatic rings. The molecule has 9 heteroatoms. The first kappa shape index (κ1) is 23.5. The van der Waals surface area contributed by atoms with Gasteiger partial charge in [0, 0.05) is 13.6 Å². The lowest BCUT2D eigenvalue weighted by molar-refractivity contribution is -0.139. The predicted molar refractivity (Wildman–Crippen MR) is 90.6 cm³/mol. The predicted octanol–water partition coefficient (Wildman–Crippen LogP) is 2.31. The molecule has 0 fully saturated rings. The summed E-state index contributed by atoms with van der Waals surface area (Å²) in [6.07, 6.45) is -5.68. The number of carbonyl (C=O) groups is 1. The van der Waals surface area contributed by atoms with Crippen LogP contribution in [0.25, 0.3) is 0 Å². The highest BCUT2D eigenvalue weighted by Gasteiger charge is 2.34. The van der Waals surface area contributed by atoms with Crippen molar-refractivity contribution >= 4 is 18.3 Å². The number of hydrogen-bond donors (Lipinski definition) is 2. The van der Waals surface area contributed by atoms with Gasteiger partial charge in [-0.3, -0.25) is 4.79 Å². The highest BCUT2D eigenvalue weighted by atomic mass is 35.5. The number of alkyl halides is 3. The van der Waals surface area contributed by atoms with Gasteiger partial charge in [0.2, 0.25) is 5.91 Å². The van der Waals surface area contributed by atoms with Crippen molar-refractivity contribution in [3.05, 3.63) is 29.8 Å². The zero-order valence-corrected chi connectivity index (χ0v) is 15.1. The minimum atomic E-state index is -4.54. The third kappa shape index (κ3) is 7.09. The Balaban J connectivity index is 0.00000576. The quantitative estimate of drug-likeness (QED) is 0.756. The summed E-state index contributed by atoms with van der Waals surface area (Å²) < 4.78 is 43.6. The van der Waals surface area contributed by atoms with Crippen LogP contribution in [-0.4, -0.2) is 48.3 Å². The maximum atomic E-state index is 12.8. The molecule has 1 rings (SSSR count).